The first-order valence-electron chi connectivity index (χ1n) is 3.21. The highest BCUT2D eigenvalue weighted by molar-refractivity contribution is 5.13. The van der Waals surface area contributed by atoms with Crippen molar-refractivity contribution in [2.75, 3.05) is 6.61 Å². The molecular weight excluding hydrogens is 116 g/mol. The van der Waals surface area contributed by atoms with Gasteiger partial charge in [0.15, 0.2) is 0 Å². The van der Waals surface area contributed by atoms with Crippen LogP contribution in [0.3, 0.4) is 0 Å². The molecule has 1 aliphatic carbocycles. The van der Waals surface area contributed by atoms with Crippen LogP contribution in [0, 0.1) is 5.92 Å². The summed E-state index contributed by atoms with van der Waals surface area (Å²) in [6, 6.07) is 0. The number of aliphatic hydroxyl groups is 2. The van der Waals surface area contributed by atoms with E-state index in [0.717, 1.165) is 5.57 Å². The first kappa shape index (κ1) is 6.78. The summed E-state index contributed by atoms with van der Waals surface area (Å²) in [5.41, 5.74) is 1.12. The predicted molar refractivity (Wildman–Crippen MR) is 35.0 cm³/mol. The van der Waals surface area contributed by atoms with Gasteiger partial charge >= 0.3 is 0 Å². The van der Waals surface area contributed by atoms with Crippen LogP contribution in [0.5, 0.6) is 0 Å². The molecule has 0 saturated heterocycles. The van der Waals surface area contributed by atoms with Crippen molar-refractivity contribution in [1.82, 2.24) is 0 Å². The Balaban J connectivity index is 2.53. The highest BCUT2D eigenvalue weighted by Gasteiger charge is 2.20. The normalized spacial score (nSPS) is 34.8. The van der Waals surface area contributed by atoms with Gasteiger partial charge in [0.1, 0.15) is 0 Å². The van der Waals surface area contributed by atoms with Crippen molar-refractivity contribution in [2.45, 2.75) is 19.4 Å². The molecule has 0 aromatic rings. The Hall–Kier alpha value is -0.340. The maximum absolute atomic E-state index is 9.01. The third kappa shape index (κ3) is 1.32. The standard InChI is InChI=1S/C7H12O2/c1-5-2-7(9)3-6(5)4-8/h2,6-9H,3-4H2,1H3. The molecule has 0 aliphatic heterocycles. The Morgan fingerprint density at radius 3 is 2.67 bits per heavy atom. The lowest BCUT2D eigenvalue weighted by Gasteiger charge is -2.05. The minimum atomic E-state index is -0.317. The molecule has 2 unspecified atom stereocenters. The van der Waals surface area contributed by atoms with E-state index >= 15 is 0 Å². The number of aliphatic hydroxyl groups excluding tert-OH is 2. The number of hydrogen-bond acceptors (Lipinski definition) is 2. The first-order valence-corrected chi connectivity index (χ1v) is 3.21. The fraction of sp³-hybridized carbons (Fsp3) is 0.714. The quantitative estimate of drug-likeness (QED) is 0.499. The van der Waals surface area contributed by atoms with Crippen LogP contribution in [0.4, 0.5) is 0 Å². The van der Waals surface area contributed by atoms with E-state index in [1.54, 1.807) is 6.08 Å². The Morgan fingerprint density at radius 2 is 2.44 bits per heavy atom. The number of rotatable bonds is 1. The Kier molecular flexibility index (Phi) is 1.88. The number of hydrogen-bond donors (Lipinski definition) is 2. The van der Waals surface area contributed by atoms with E-state index in [1.807, 2.05) is 6.92 Å². The van der Waals surface area contributed by atoms with Crippen molar-refractivity contribution in [2.24, 2.45) is 5.92 Å². The highest BCUT2D eigenvalue weighted by Crippen LogP contribution is 2.24. The van der Waals surface area contributed by atoms with Crippen LogP contribution in [0.25, 0.3) is 0 Å². The maximum atomic E-state index is 9.01. The Morgan fingerprint density at radius 1 is 1.78 bits per heavy atom. The summed E-state index contributed by atoms with van der Waals surface area (Å²) in [4.78, 5) is 0. The fourth-order valence-corrected chi connectivity index (χ4v) is 1.20. The molecule has 2 heteroatoms. The SMILES string of the molecule is CC1=CC(O)CC1CO. The molecular formula is C7H12O2. The van der Waals surface area contributed by atoms with Gasteiger partial charge in [0.2, 0.25) is 0 Å². The van der Waals surface area contributed by atoms with E-state index in [4.69, 9.17) is 10.2 Å². The molecule has 1 aliphatic rings. The van der Waals surface area contributed by atoms with Crippen molar-refractivity contribution in [3.8, 4) is 0 Å². The highest BCUT2D eigenvalue weighted by atomic mass is 16.3. The molecule has 1 rings (SSSR count). The zero-order chi connectivity index (χ0) is 6.85. The van der Waals surface area contributed by atoms with E-state index in [0.29, 0.717) is 6.42 Å². The largest absolute Gasteiger partial charge is 0.396 e. The Bertz CT molecular complexity index is 129. The zero-order valence-corrected chi connectivity index (χ0v) is 5.54. The van der Waals surface area contributed by atoms with E-state index in [-0.39, 0.29) is 18.6 Å². The summed E-state index contributed by atoms with van der Waals surface area (Å²) >= 11 is 0. The van der Waals surface area contributed by atoms with Crippen molar-refractivity contribution < 1.29 is 10.2 Å². The fourth-order valence-electron chi connectivity index (χ4n) is 1.20. The molecule has 0 saturated carbocycles. The molecule has 2 N–H and O–H groups in total. The van der Waals surface area contributed by atoms with Crippen LogP contribution in [0.1, 0.15) is 13.3 Å². The second-order valence-electron chi connectivity index (χ2n) is 2.59. The maximum Gasteiger partial charge on any atom is 0.0730 e. The Labute approximate surface area is 54.8 Å². The second kappa shape index (κ2) is 2.50. The van der Waals surface area contributed by atoms with Gasteiger partial charge < -0.3 is 10.2 Å². The van der Waals surface area contributed by atoms with Gasteiger partial charge in [-0.15, -0.1) is 0 Å². The monoisotopic (exact) mass is 128 g/mol. The minimum absolute atomic E-state index is 0.166. The van der Waals surface area contributed by atoms with Crippen molar-refractivity contribution in [3.63, 3.8) is 0 Å². The van der Waals surface area contributed by atoms with Crippen LogP contribution < -0.4 is 0 Å². The van der Waals surface area contributed by atoms with Crippen molar-refractivity contribution in [1.29, 1.82) is 0 Å². The molecule has 0 aromatic heterocycles. The molecule has 9 heavy (non-hydrogen) atoms. The van der Waals surface area contributed by atoms with E-state index < -0.39 is 0 Å². The smallest absolute Gasteiger partial charge is 0.0730 e. The molecule has 0 radical (unpaired) electrons. The average Bonchev–Trinajstić information content (AvgIpc) is 2.10. The molecule has 2 nitrogen and oxygen atoms in total. The summed E-state index contributed by atoms with van der Waals surface area (Å²) in [5.74, 6) is 0.208. The molecule has 0 heterocycles. The minimum Gasteiger partial charge on any atom is -0.396 e. The molecule has 2 atom stereocenters. The topological polar surface area (TPSA) is 40.5 Å². The molecule has 52 valence electrons. The van der Waals surface area contributed by atoms with Crippen LogP contribution in [-0.4, -0.2) is 22.9 Å². The lowest BCUT2D eigenvalue weighted by atomic mass is 10.0. The van der Waals surface area contributed by atoms with Crippen molar-refractivity contribution in [3.05, 3.63) is 11.6 Å². The van der Waals surface area contributed by atoms with Crippen LogP contribution >= 0.6 is 0 Å². The van der Waals surface area contributed by atoms with Crippen LogP contribution in [0.15, 0.2) is 11.6 Å². The zero-order valence-electron chi connectivity index (χ0n) is 5.54. The first-order chi connectivity index (χ1) is 4.24. The lowest BCUT2D eigenvalue weighted by molar-refractivity contribution is 0.179. The summed E-state index contributed by atoms with van der Waals surface area (Å²) in [5, 5.41) is 17.7. The van der Waals surface area contributed by atoms with E-state index in [9.17, 15) is 0 Å². The van der Waals surface area contributed by atoms with E-state index in [1.165, 1.54) is 0 Å². The lowest BCUT2D eigenvalue weighted by Crippen LogP contribution is -2.06. The molecule has 0 aromatic carbocycles. The van der Waals surface area contributed by atoms with Gasteiger partial charge in [0.05, 0.1) is 6.10 Å². The van der Waals surface area contributed by atoms with Gasteiger partial charge in [-0.3, -0.25) is 0 Å². The van der Waals surface area contributed by atoms with Gasteiger partial charge in [-0.05, 0) is 13.3 Å². The molecule has 0 amide bonds. The van der Waals surface area contributed by atoms with Crippen molar-refractivity contribution >= 4 is 0 Å². The van der Waals surface area contributed by atoms with Gasteiger partial charge in [-0.1, -0.05) is 11.6 Å². The third-order valence-electron chi connectivity index (χ3n) is 1.85. The van der Waals surface area contributed by atoms with Gasteiger partial charge in [0, 0.05) is 12.5 Å². The van der Waals surface area contributed by atoms with Crippen LogP contribution in [0.2, 0.25) is 0 Å². The van der Waals surface area contributed by atoms with Gasteiger partial charge in [-0.2, -0.15) is 0 Å². The summed E-state index contributed by atoms with van der Waals surface area (Å²) in [6.07, 6.45) is 2.19. The summed E-state index contributed by atoms with van der Waals surface area (Å²) in [7, 11) is 0. The predicted octanol–water partition coefficient (Wildman–Crippen LogP) is 0.306. The van der Waals surface area contributed by atoms with Crippen LogP contribution in [-0.2, 0) is 0 Å². The summed E-state index contributed by atoms with van der Waals surface area (Å²) < 4.78 is 0. The average molecular weight is 128 g/mol. The molecule has 0 fully saturated rings. The molecule has 0 bridgehead atoms. The third-order valence-corrected chi connectivity index (χ3v) is 1.85. The molecule has 0 spiro atoms. The second-order valence-corrected chi connectivity index (χ2v) is 2.59. The summed E-state index contributed by atoms with van der Waals surface area (Å²) in [6.45, 7) is 2.11. The van der Waals surface area contributed by atoms with E-state index in [2.05, 4.69) is 0 Å². The van der Waals surface area contributed by atoms with Gasteiger partial charge in [0.25, 0.3) is 0 Å². The van der Waals surface area contributed by atoms with Gasteiger partial charge in [-0.25, -0.2) is 0 Å².